The fourth-order valence-electron chi connectivity index (χ4n) is 5.69. The van der Waals surface area contributed by atoms with Gasteiger partial charge in [0.05, 0.1) is 12.7 Å². The molecular weight excluding hydrogens is 298 g/mol. The van der Waals surface area contributed by atoms with Gasteiger partial charge in [0.1, 0.15) is 11.8 Å². The van der Waals surface area contributed by atoms with Gasteiger partial charge in [-0.25, -0.2) is 0 Å². The van der Waals surface area contributed by atoms with Gasteiger partial charge in [-0.05, 0) is 80.1 Å². The number of benzene rings is 1. The van der Waals surface area contributed by atoms with E-state index in [2.05, 4.69) is 6.07 Å². The molecule has 3 nitrogen and oxygen atoms in total. The molecule has 0 saturated heterocycles. The maximum atomic E-state index is 13.2. The Kier molecular flexibility index (Phi) is 3.72. The van der Waals surface area contributed by atoms with Crippen molar-refractivity contribution in [3.8, 4) is 11.8 Å². The van der Waals surface area contributed by atoms with Crippen molar-refractivity contribution in [2.24, 2.45) is 23.2 Å². The van der Waals surface area contributed by atoms with Crippen LogP contribution in [0.5, 0.6) is 5.75 Å². The average molecular weight is 321 g/mol. The first-order valence-electron chi connectivity index (χ1n) is 8.92. The van der Waals surface area contributed by atoms with Crippen LogP contribution >= 0.6 is 0 Å². The highest BCUT2D eigenvalue weighted by Crippen LogP contribution is 2.60. The van der Waals surface area contributed by atoms with E-state index in [1.54, 1.807) is 13.2 Å². The van der Waals surface area contributed by atoms with Crippen molar-refractivity contribution < 1.29 is 9.53 Å². The molecule has 4 aliphatic carbocycles. The van der Waals surface area contributed by atoms with Crippen LogP contribution in [-0.4, -0.2) is 12.9 Å². The Hall–Kier alpha value is -2.08. The summed E-state index contributed by atoms with van der Waals surface area (Å²) >= 11 is 0. The molecule has 4 fully saturated rings. The predicted molar refractivity (Wildman–Crippen MR) is 92.2 cm³/mol. The Balaban J connectivity index is 1.62. The smallest absolute Gasteiger partial charge is 0.179 e. The van der Waals surface area contributed by atoms with Gasteiger partial charge in [0.25, 0.3) is 0 Å². The van der Waals surface area contributed by atoms with Crippen molar-refractivity contribution in [3.63, 3.8) is 0 Å². The zero-order valence-corrected chi connectivity index (χ0v) is 14.1. The van der Waals surface area contributed by atoms with Gasteiger partial charge in [0, 0.05) is 5.41 Å². The predicted octanol–water partition coefficient (Wildman–Crippen LogP) is 4.39. The van der Waals surface area contributed by atoms with E-state index >= 15 is 0 Å². The van der Waals surface area contributed by atoms with Gasteiger partial charge in [-0.2, -0.15) is 5.26 Å². The molecule has 0 aliphatic heterocycles. The van der Waals surface area contributed by atoms with Gasteiger partial charge in [-0.15, -0.1) is 0 Å². The topological polar surface area (TPSA) is 50.1 Å². The SMILES string of the molecule is COc1ccc(/C=C(\C#N)C(=O)C23CC4CC(CC(C4)C2)C3)cc1. The number of nitriles is 1. The number of hydrogen-bond donors (Lipinski definition) is 0. The number of ketones is 1. The minimum absolute atomic E-state index is 0.0971. The fraction of sp³-hybridized carbons (Fsp3) is 0.524. The van der Waals surface area contributed by atoms with Crippen LogP contribution in [0.3, 0.4) is 0 Å². The first-order valence-corrected chi connectivity index (χ1v) is 8.92. The second kappa shape index (κ2) is 5.77. The molecule has 0 atom stereocenters. The Bertz CT molecular complexity index is 688. The maximum absolute atomic E-state index is 13.2. The van der Waals surface area contributed by atoms with Crippen molar-refractivity contribution in [1.82, 2.24) is 0 Å². The van der Waals surface area contributed by atoms with E-state index in [1.165, 1.54) is 19.3 Å². The zero-order chi connectivity index (χ0) is 16.7. The number of carbonyl (C=O) groups excluding carboxylic acids is 1. The highest BCUT2D eigenvalue weighted by molar-refractivity contribution is 6.07. The lowest BCUT2D eigenvalue weighted by atomic mass is 9.48. The van der Waals surface area contributed by atoms with Crippen LogP contribution in [-0.2, 0) is 4.79 Å². The molecule has 1 aromatic carbocycles. The third kappa shape index (κ3) is 2.55. The molecule has 4 bridgehead atoms. The van der Waals surface area contributed by atoms with E-state index in [1.807, 2.05) is 24.3 Å². The summed E-state index contributed by atoms with van der Waals surface area (Å²) in [4.78, 5) is 13.2. The molecule has 0 heterocycles. The zero-order valence-electron chi connectivity index (χ0n) is 14.1. The van der Waals surface area contributed by atoms with Crippen LogP contribution in [0.1, 0.15) is 44.1 Å². The molecule has 5 rings (SSSR count). The van der Waals surface area contributed by atoms with E-state index in [9.17, 15) is 10.1 Å². The second-order valence-electron chi connectivity index (χ2n) is 7.97. The van der Waals surface area contributed by atoms with E-state index in [4.69, 9.17) is 4.74 Å². The number of allylic oxidation sites excluding steroid dienone is 1. The summed E-state index contributed by atoms with van der Waals surface area (Å²) in [5, 5.41) is 9.60. The lowest BCUT2D eigenvalue weighted by Gasteiger charge is -2.55. The number of carbonyl (C=O) groups is 1. The third-order valence-electron chi connectivity index (χ3n) is 6.31. The molecule has 0 unspecified atom stereocenters. The van der Waals surface area contributed by atoms with Crippen LogP contribution in [0, 0.1) is 34.5 Å². The second-order valence-corrected chi connectivity index (χ2v) is 7.97. The standard InChI is InChI=1S/C21H23NO2/c1-24-19-4-2-14(3-5-19)9-18(13-22)20(23)21-10-15-6-16(11-21)8-17(7-15)12-21/h2-5,9,15-17H,6-8,10-12H2,1H3/b18-9+. The number of hydrogen-bond acceptors (Lipinski definition) is 3. The van der Waals surface area contributed by atoms with E-state index in [0.717, 1.165) is 30.6 Å². The lowest BCUT2D eigenvalue weighted by molar-refractivity contribution is -0.139. The van der Waals surface area contributed by atoms with E-state index in [-0.39, 0.29) is 11.2 Å². The average Bonchev–Trinajstić information content (AvgIpc) is 2.58. The first kappa shape index (κ1) is 15.4. The summed E-state index contributed by atoms with van der Waals surface area (Å²) in [7, 11) is 1.63. The van der Waals surface area contributed by atoms with Gasteiger partial charge in [-0.1, -0.05) is 12.1 Å². The van der Waals surface area contributed by atoms with E-state index in [0.29, 0.717) is 23.3 Å². The molecule has 0 amide bonds. The molecule has 0 aromatic heterocycles. The molecule has 0 radical (unpaired) electrons. The molecule has 4 saturated carbocycles. The maximum Gasteiger partial charge on any atom is 0.179 e. The summed E-state index contributed by atoms with van der Waals surface area (Å²) in [6.07, 6.45) is 8.66. The fourth-order valence-corrected chi connectivity index (χ4v) is 5.69. The van der Waals surface area contributed by atoms with Gasteiger partial charge in [0.2, 0.25) is 0 Å². The third-order valence-corrected chi connectivity index (χ3v) is 6.31. The van der Waals surface area contributed by atoms with Gasteiger partial charge in [0.15, 0.2) is 5.78 Å². The summed E-state index contributed by atoms with van der Waals surface area (Å²) in [5.74, 6) is 3.00. The summed E-state index contributed by atoms with van der Waals surface area (Å²) < 4.78 is 5.16. The highest BCUT2D eigenvalue weighted by atomic mass is 16.5. The lowest BCUT2D eigenvalue weighted by Crippen LogP contribution is -2.50. The van der Waals surface area contributed by atoms with Crippen molar-refractivity contribution in [2.45, 2.75) is 38.5 Å². The number of rotatable bonds is 4. The van der Waals surface area contributed by atoms with E-state index < -0.39 is 0 Å². The van der Waals surface area contributed by atoms with Crippen LogP contribution < -0.4 is 4.74 Å². The first-order chi connectivity index (χ1) is 11.6. The molecule has 124 valence electrons. The molecular formula is C21H23NO2. The normalized spacial score (nSPS) is 34.0. The van der Waals surface area contributed by atoms with Gasteiger partial charge < -0.3 is 4.74 Å². The minimum atomic E-state index is -0.247. The van der Waals surface area contributed by atoms with Crippen molar-refractivity contribution in [3.05, 3.63) is 35.4 Å². The van der Waals surface area contributed by atoms with Crippen LogP contribution in [0.15, 0.2) is 29.8 Å². The van der Waals surface area contributed by atoms with Crippen LogP contribution in [0.4, 0.5) is 0 Å². The quantitative estimate of drug-likeness (QED) is 0.610. The largest absolute Gasteiger partial charge is 0.497 e. The number of Topliss-reactive ketones (excluding diaryl/α,β-unsaturated/α-hetero) is 1. The summed E-state index contributed by atoms with van der Waals surface area (Å²) in [5.41, 5.74) is 0.954. The molecule has 0 N–H and O–H groups in total. The summed E-state index contributed by atoms with van der Waals surface area (Å²) in [6.45, 7) is 0. The van der Waals surface area contributed by atoms with Crippen molar-refractivity contribution >= 4 is 11.9 Å². The monoisotopic (exact) mass is 321 g/mol. The van der Waals surface area contributed by atoms with Crippen molar-refractivity contribution in [1.29, 1.82) is 5.26 Å². The Labute approximate surface area is 143 Å². The van der Waals surface area contributed by atoms with Gasteiger partial charge >= 0.3 is 0 Å². The van der Waals surface area contributed by atoms with Crippen molar-refractivity contribution in [2.75, 3.05) is 7.11 Å². The Morgan fingerprint density at radius 2 is 1.67 bits per heavy atom. The molecule has 24 heavy (non-hydrogen) atoms. The van der Waals surface area contributed by atoms with Crippen LogP contribution in [0.25, 0.3) is 6.08 Å². The number of nitrogens with zero attached hydrogens (tertiary/aromatic N) is 1. The molecule has 1 aromatic rings. The number of ether oxygens (including phenoxy) is 1. The molecule has 4 aliphatic rings. The van der Waals surface area contributed by atoms with Gasteiger partial charge in [-0.3, -0.25) is 4.79 Å². The Morgan fingerprint density at radius 1 is 1.12 bits per heavy atom. The summed E-state index contributed by atoms with van der Waals surface area (Å²) in [6, 6.07) is 9.68. The minimum Gasteiger partial charge on any atom is -0.497 e. The Morgan fingerprint density at radius 3 is 2.12 bits per heavy atom. The molecule has 3 heteroatoms. The molecule has 0 spiro atoms. The van der Waals surface area contributed by atoms with Crippen LogP contribution in [0.2, 0.25) is 0 Å². The number of methoxy groups -OCH3 is 1. The highest BCUT2D eigenvalue weighted by Gasteiger charge is 2.54.